The summed E-state index contributed by atoms with van der Waals surface area (Å²) in [6, 6.07) is 5.65. The lowest BCUT2D eigenvalue weighted by atomic mass is 10.3. The Morgan fingerprint density at radius 2 is 2.33 bits per heavy atom. The third-order valence-electron chi connectivity index (χ3n) is 2.84. The molecule has 0 aromatic carbocycles. The molecule has 0 radical (unpaired) electrons. The molecule has 2 rings (SSSR count). The van der Waals surface area contributed by atoms with Gasteiger partial charge in [-0.25, -0.2) is 4.98 Å². The number of hydrogen-bond acceptors (Lipinski definition) is 3. The van der Waals surface area contributed by atoms with Gasteiger partial charge in [-0.05, 0) is 25.5 Å². The molecule has 0 fully saturated rings. The van der Waals surface area contributed by atoms with E-state index in [1.807, 2.05) is 35.7 Å². The molecule has 0 aliphatic heterocycles. The average Bonchev–Trinajstić information content (AvgIpc) is 2.83. The highest BCUT2D eigenvalue weighted by Gasteiger charge is 2.16. The quantitative estimate of drug-likeness (QED) is 0.863. The third-order valence-corrected chi connectivity index (χ3v) is 2.84. The molecule has 96 valence electrons. The van der Waals surface area contributed by atoms with Gasteiger partial charge in [-0.15, -0.1) is 0 Å². The van der Waals surface area contributed by atoms with Crippen LogP contribution < -0.4 is 0 Å². The van der Waals surface area contributed by atoms with Crippen molar-refractivity contribution in [3.8, 4) is 0 Å². The minimum atomic E-state index is -0.0883. The standard InChI is InChI=1S/C13H17N3O2/c1-2-15(8-5-9-17)13(18)11-10-16-7-4-3-6-12(16)14-11/h3-4,6-7,10,17H,2,5,8-9H2,1H3. The number of pyridine rings is 1. The number of carbonyl (C=O) groups is 1. The number of aliphatic hydroxyl groups is 1. The van der Waals surface area contributed by atoms with Crippen LogP contribution >= 0.6 is 0 Å². The zero-order valence-electron chi connectivity index (χ0n) is 10.4. The van der Waals surface area contributed by atoms with Crippen LogP contribution in [0.15, 0.2) is 30.6 Å². The van der Waals surface area contributed by atoms with Crippen LogP contribution in [0.4, 0.5) is 0 Å². The summed E-state index contributed by atoms with van der Waals surface area (Å²) in [6.07, 6.45) is 4.19. The van der Waals surface area contributed by atoms with Gasteiger partial charge in [-0.3, -0.25) is 4.79 Å². The minimum absolute atomic E-state index is 0.0883. The molecule has 0 saturated heterocycles. The SMILES string of the molecule is CCN(CCCO)C(=O)c1cn2ccccc2n1. The molecule has 0 aliphatic rings. The van der Waals surface area contributed by atoms with Gasteiger partial charge in [0.2, 0.25) is 0 Å². The largest absolute Gasteiger partial charge is 0.396 e. The first kappa shape index (κ1) is 12.6. The predicted octanol–water partition coefficient (Wildman–Crippen LogP) is 1.18. The van der Waals surface area contributed by atoms with Crippen molar-refractivity contribution >= 4 is 11.6 Å². The molecule has 1 N–H and O–H groups in total. The van der Waals surface area contributed by atoms with Crippen LogP contribution in [0, 0.1) is 0 Å². The lowest BCUT2D eigenvalue weighted by Gasteiger charge is -2.18. The summed E-state index contributed by atoms with van der Waals surface area (Å²) in [5.41, 5.74) is 1.21. The first-order chi connectivity index (χ1) is 8.76. The maximum Gasteiger partial charge on any atom is 0.274 e. The van der Waals surface area contributed by atoms with E-state index in [2.05, 4.69) is 4.98 Å². The molecular formula is C13H17N3O2. The fourth-order valence-corrected chi connectivity index (χ4v) is 1.86. The minimum Gasteiger partial charge on any atom is -0.396 e. The second kappa shape index (κ2) is 5.64. The fourth-order valence-electron chi connectivity index (χ4n) is 1.86. The van der Waals surface area contributed by atoms with E-state index < -0.39 is 0 Å². The number of amides is 1. The van der Waals surface area contributed by atoms with E-state index in [-0.39, 0.29) is 12.5 Å². The highest BCUT2D eigenvalue weighted by molar-refractivity contribution is 5.92. The molecule has 0 saturated carbocycles. The molecule has 0 spiro atoms. The van der Waals surface area contributed by atoms with Crippen LogP contribution in [0.5, 0.6) is 0 Å². The molecule has 2 heterocycles. The number of nitrogens with zero attached hydrogens (tertiary/aromatic N) is 3. The Morgan fingerprint density at radius 3 is 3.00 bits per heavy atom. The number of fused-ring (bicyclic) bond motifs is 1. The van der Waals surface area contributed by atoms with Gasteiger partial charge < -0.3 is 14.4 Å². The van der Waals surface area contributed by atoms with Crippen molar-refractivity contribution in [2.75, 3.05) is 19.7 Å². The van der Waals surface area contributed by atoms with Gasteiger partial charge in [0.15, 0.2) is 0 Å². The fraction of sp³-hybridized carbons (Fsp3) is 0.385. The van der Waals surface area contributed by atoms with Gasteiger partial charge >= 0.3 is 0 Å². The van der Waals surface area contributed by atoms with E-state index in [9.17, 15) is 4.79 Å². The number of rotatable bonds is 5. The van der Waals surface area contributed by atoms with Gasteiger partial charge in [0, 0.05) is 32.1 Å². The Bertz CT molecular complexity index is 503. The Morgan fingerprint density at radius 1 is 1.50 bits per heavy atom. The van der Waals surface area contributed by atoms with Crippen LogP contribution in [0.2, 0.25) is 0 Å². The summed E-state index contributed by atoms with van der Waals surface area (Å²) in [5, 5.41) is 8.82. The van der Waals surface area contributed by atoms with E-state index in [0.29, 0.717) is 25.2 Å². The number of hydrogen-bond donors (Lipinski definition) is 1. The van der Waals surface area contributed by atoms with Gasteiger partial charge in [0.25, 0.3) is 5.91 Å². The van der Waals surface area contributed by atoms with E-state index in [4.69, 9.17) is 5.11 Å². The molecule has 0 bridgehead atoms. The van der Waals surface area contributed by atoms with Crippen LogP contribution in [0.25, 0.3) is 5.65 Å². The summed E-state index contributed by atoms with van der Waals surface area (Å²) in [4.78, 5) is 18.2. The van der Waals surface area contributed by atoms with Crippen LogP contribution in [-0.2, 0) is 0 Å². The molecule has 2 aromatic heterocycles. The van der Waals surface area contributed by atoms with E-state index >= 15 is 0 Å². The van der Waals surface area contributed by atoms with Crippen molar-refractivity contribution in [3.05, 3.63) is 36.3 Å². The Hall–Kier alpha value is -1.88. The van der Waals surface area contributed by atoms with Crippen molar-refractivity contribution in [2.24, 2.45) is 0 Å². The second-order valence-corrected chi connectivity index (χ2v) is 4.05. The number of carbonyl (C=O) groups excluding carboxylic acids is 1. The van der Waals surface area contributed by atoms with Gasteiger partial charge in [-0.1, -0.05) is 6.07 Å². The van der Waals surface area contributed by atoms with E-state index in [1.54, 1.807) is 11.1 Å². The van der Waals surface area contributed by atoms with Crippen molar-refractivity contribution in [1.82, 2.24) is 14.3 Å². The summed E-state index contributed by atoms with van der Waals surface area (Å²) in [7, 11) is 0. The monoisotopic (exact) mass is 247 g/mol. The summed E-state index contributed by atoms with van der Waals surface area (Å²) in [6.45, 7) is 3.19. The first-order valence-electron chi connectivity index (χ1n) is 6.10. The van der Waals surface area contributed by atoms with Crippen molar-refractivity contribution in [2.45, 2.75) is 13.3 Å². The zero-order valence-corrected chi connectivity index (χ0v) is 10.4. The smallest absolute Gasteiger partial charge is 0.274 e. The number of aliphatic hydroxyl groups excluding tert-OH is 1. The van der Waals surface area contributed by atoms with E-state index in [1.165, 1.54) is 0 Å². The summed E-state index contributed by atoms with van der Waals surface area (Å²) in [5.74, 6) is -0.0883. The molecule has 2 aromatic rings. The first-order valence-corrected chi connectivity index (χ1v) is 6.10. The topological polar surface area (TPSA) is 57.8 Å². The normalized spacial score (nSPS) is 10.8. The van der Waals surface area contributed by atoms with Crippen molar-refractivity contribution in [3.63, 3.8) is 0 Å². The van der Waals surface area contributed by atoms with Crippen LogP contribution in [-0.4, -0.2) is 45.0 Å². The Balaban J connectivity index is 2.21. The van der Waals surface area contributed by atoms with Crippen molar-refractivity contribution < 1.29 is 9.90 Å². The molecule has 0 aliphatic carbocycles. The molecule has 1 amide bonds. The summed E-state index contributed by atoms with van der Waals surface area (Å²) >= 11 is 0. The van der Waals surface area contributed by atoms with Gasteiger partial charge in [0.05, 0.1) is 0 Å². The zero-order chi connectivity index (χ0) is 13.0. The molecule has 5 nitrogen and oxygen atoms in total. The van der Waals surface area contributed by atoms with Gasteiger partial charge in [-0.2, -0.15) is 0 Å². The molecule has 18 heavy (non-hydrogen) atoms. The highest BCUT2D eigenvalue weighted by atomic mass is 16.3. The Labute approximate surface area is 106 Å². The van der Waals surface area contributed by atoms with Crippen LogP contribution in [0.1, 0.15) is 23.8 Å². The maximum absolute atomic E-state index is 12.2. The molecular weight excluding hydrogens is 230 g/mol. The molecule has 0 unspecified atom stereocenters. The van der Waals surface area contributed by atoms with E-state index in [0.717, 1.165) is 5.65 Å². The summed E-state index contributed by atoms with van der Waals surface area (Å²) < 4.78 is 1.83. The van der Waals surface area contributed by atoms with Crippen molar-refractivity contribution in [1.29, 1.82) is 0 Å². The molecule has 0 atom stereocenters. The number of aromatic nitrogens is 2. The third kappa shape index (κ3) is 2.51. The van der Waals surface area contributed by atoms with Gasteiger partial charge in [0.1, 0.15) is 11.3 Å². The highest BCUT2D eigenvalue weighted by Crippen LogP contribution is 2.08. The van der Waals surface area contributed by atoms with Crippen LogP contribution in [0.3, 0.4) is 0 Å². The predicted molar refractivity (Wildman–Crippen MR) is 68.5 cm³/mol. The number of imidazole rings is 1. The lowest BCUT2D eigenvalue weighted by Crippen LogP contribution is -2.32. The molecule has 5 heteroatoms. The Kier molecular flexibility index (Phi) is 3.94. The maximum atomic E-state index is 12.2. The lowest BCUT2D eigenvalue weighted by molar-refractivity contribution is 0.0749. The second-order valence-electron chi connectivity index (χ2n) is 4.05. The average molecular weight is 247 g/mol.